The predicted molar refractivity (Wildman–Crippen MR) is 194 cm³/mol. The van der Waals surface area contributed by atoms with E-state index in [0.717, 1.165) is 72.7 Å². The van der Waals surface area contributed by atoms with Crippen LogP contribution in [-0.2, 0) is 23.8 Å². The highest BCUT2D eigenvalue weighted by Gasteiger charge is 2.19. The molecule has 0 fully saturated rings. The number of rotatable bonds is 11. The minimum Gasteiger partial charge on any atom is -0.370 e. The van der Waals surface area contributed by atoms with Crippen molar-refractivity contribution in [2.24, 2.45) is 22.2 Å². The summed E-state index contributed by atoms with van der Waals surface area (Å²) in [5.41, 5.74) is 23.4. The first-order chi connectivity index (χ1) is 21.6. The van der Waals surface area contributed by atoms with Gasteiger partial charge in [-0.3, -0.25) is 9.56 Å². The third-order valence-electron chi connectivity index (χ3n) is 7.80. The third kappa shape index (κ3) is 10.7. The Bertz CT molecular complexity index is 1650. The van der Waals surface area contributed by atoms with Crippen LogP contribution in [-0.4, -0.2) is 40.1 Å². The largest absolute Gasteiger partial charge is 0.370 e. The monoisotopic (exact) mass is 648 g/mol. The lowest BCUT2D eigenvalue weighted by atomic mass is 9.83. The van der Waals surface area contributed by atoms with Crippen LogP contribution in [0.25, 0.3) is 16.7 Å². The van der Waals surface area contributed by atoms with E-state index < -0.39 is 0 Å². The predicted octanol–water partition coefficient (Wildman–Crippen LogP) is 5.99. The normalized spacial score (nSPS) is 11.8. The number of fused-ring (bicyclic) bond motifs is 1. The van der Waals surface area contributed by atoms with Crippen LogP contribution in [0.5, 0.6) is 0 Å². The first kappa shape index (κ1) is 36.8. The third-order valence-corrected chi connectivity index (χ3v) is 8.19. The Balaban J connectivity index is 0.000000289. The number of hydrogen-bond donors (Lipinski definition) is 5. The maximum absolute atomic E-state index is 12.5. The molecule has 0 aliphatic rings. The van der Waals surface area contributed by atoms with Gasteiger partial charge < -0.3 is 27.5 Å². The van der Waals surface area contributed by atoms with Crippen LogP contribution >= 0.6 is 11.6 Å². The molecule has 0 atom stereocenters. The number of aromatic amines is 1. The van der Waals surface area contributed by atoms with Crippen LogP contribution in [0, 0.1) is 6.92 Å². The number of benzene rings is 2. The van der Waals surface area contributed by atoms with Crippen molar-refractivity contribution in [3.63, 3.8) is 0 Å². The molecule has 0 radical (unpaired) electrons. The van der Waals surface area contributed by atoms with Gasteiger partial charge in [-0.05, 0) is 97.6 Å². The van der Waals surface area contributed by atoms with Crippen LogP contribution in [0.1, 0.15) is 88.8 Å². The highest BCUT2D eigenvalue weighted by Crippen LogP contribution is 2.31. The van der Waals surface area contributed by atoms with Gasteiger partial charge in [0.05, 0.1) is 5.69 Å². The number of nitrogens with one attached hydrogen (secondary N) is 2. The zero-order valence-corrected chi connectivity index (χ0v) is 29.4. The zero-order valence-electron chi connectivity index (χ0n) is 28.6. The number of nitrogens with zero attached hydrogens (tertiary/aromatic N) is 3. The van der Waals surface area contributed by atoms with Crippen molar-refractivity contribution in [1.29, 1.82) is 0 Å². The van der Waals surface area contributed by atoms with Gasteiger partial charge in [0.25, 0.3) is 0 Å². The average Bonchev–Trinajstić information content (AvgIpc) is 3.40. The van der Waals surface area contributed by atoms with E-state index >= 15 is 0 Å². The van der Waals surface area contributed by atoms with E-state index in [2.05, 4.69) is 86.9 Å². The van der Waals surface area contributed by atoms with Gasteiger partial charge in [0.15, 0.2) is 5.96 Å². The van der Waals surface area contributed by atoms with Crippen LogP contribution in [0.4, 0.5) is 0 Å². The van der Waals surface area contributed by atoms with Crippen LogP contribution < -0.4 is 28.2 Å². The fourth-order valence-electron chi connectivity index (χ4n) is 5.13. The molecule has 8 N–H and O–H groups in total. The van der Waals surface area contributed by atoms with Gasteiger partial charge in [-0.2, -0.15) is 4.98 Å². The molecule has 0 saturated carbocycles. The summed E-state index contributed by atoms with van der Waals surface area (Å²) in [6, 6.07) is 14.3. The fraction of sp³-hybridized carbons (Fsp3) is 0.472. The van der Waals surface area contributed by atoms with Gasteiger partial charge in [0.1, 0.15) is 5.65 Å². The summed E-state index contributed by atoms with van der Waals surface area (Å²) in [6.07, 6.45) is 5.99. The Labute approximate surface area is 279 Å². The Morgan fingerprint density at radius 2 is 1.67 bits per heavy atom. The molecule has 0 saturated heterocycles. The van der Waals surface area contributed by atoms with Crippen molar-refractivity contribution < 1.29 is 0 Å². The molecule has 0 unspecified atom stereocenters. The summed E-state index contributed by atoms with van der Waals surface area (Å²) in [7, 11) is 0. The summed E-state index contributed by atoms with van der Waals surface area (Å²) in [4.78, 5) is 23.9. The number of unbranched alkanes of at least 4 members (excludes halogenated alkanes) is 1. The number of H-pyrrole nitrogens is 1. The first-order valence-corrected chi connectivity index (χ1v) is 16.5. The quantitative estimate of drug-likeness (QED) is 0.0765. The van der Waals surface area contributed by atoms with Gasteiger partial charge in [-0.1, -0.05) is 71.3 Å². The molecule has 0 amide bonds. The van der Waals surface area contributed by atoms with E-state index in [1.807, 2.05) is 30.5 Å². The molecule has 9 nitrogen and oxygen atoms in total. The lowest BCUT2D eigenvalue weighted by Crippen LogP contribution is -2.23. The SMILES string of the molecule is CC(C)(C)c1cc2cn(-c3ccc(CNCCCN=C(N)N)cc3)c(=O)nc2[nH]1.Cc1c(Cl)cc(CCCCN)cc1C(C)(C)C. The molecular weight excluding hydrogens is 596 g/mol. The average molecular weight is 649 g/mol. The minimum absolute atomic E-state index is 0.0352. The van der Waals surface area contributed by atoms with Crippen molar-refractivity contribution in [1.82, 2.24) is 19.9 Å². The molecule has 46 heavy (non-hydrogen) atoms. The smallest absolute Gasteiger partial charge is 0.354 e. The van der Waals surface area contributed by atoms with E-state index in [1.54, 1.807) is 4.57 Å². The minimum atomic E-state index is -0.301. The van der Waals surface area contributed by atoms with E-state index in [4.69, 9.17) is 28.8 Å². The highest BCUT2D eigenvalue weighted by molar-refractivity contribution is 6.31. The maximum Gasteiger partial charge on any atom is 0.354 e. The molecule has 0 aliphatic heterocycles. The maximum atomic E-state index is 12.5. The van der Waals surface area contributed by atoms with Gasteiger partial charge in [0, 0.05) is 40.8 Å². The second-order valence-corrected chi connectivity index (χ2v) is 14.3. The topological polar surface area (TPSA) is 153 Å². The lowest BCUT2D eigenvalue weighted by molar-refractivity contribution is 0.574. The number of aromatic nitrogens is 3. The van der Waals surface area contributed by atoms with Crippen molar-refractivity contribution in [3.05, 3.63) is 92.1 Å². The Morgan fingerprint density at radius 1 is 0.978 bits per heavy atom. The molecule has 4 rings (SSSR count). The molecular formula is C36H53ClN8O. The molecule has 0 aliphatic carbocycles. The number of guanidine groups is 1. The summed E-state index contributed by atoms with van der Waals surface area (Å²) < 4.78 is 1.58. The molecule has 2 aromatic carbocycles. The number of aliphatic imine (C=N–C) groups is 1. The second-order valence-electron chi connectivity index (χ2n) is 13.9. The molecule has 2 heterocycles. The van der Waals surface area contributed by atoms with Crippen molar-refractivity contribution in [2.45, 2.75) is 91.5 Å². The summed E-state index contributed by atoms with van der Waals surface area (Å²) in [5, 5.41) is 5.16. The Morgan fingerprint density at radius 3 is 2.28 bits per heavy atom. The van der Waals surface area contributed by atoms with Crippen LogP contribution in [0.3, 0.4) is 0 Å². The van der Waals surface area contributed by atoms with E-state index in [1.165, 1.54) is 16.7 Å². The molecule has 250 valence electrons. The number of halogens is 1. The van der Waals surface area contributed by atoms with Crippen LogP contribution in [0.15, 0.2) is 58.4 Å². The number of nitrogens with two attached hydrogens (primary N) is 3. The van der Waals surface area contributed by atoms with Gasteiger partial charge in [-0.15, -0.1) is 0 Å². The Kier molecular flexibility index (Phi) is 13.0. The zero-order chi connectivity index (χ0) is 34.1. The van der Waals surface area contributed by atoms with Gasteiger partial charge in [-0.25, -0.2) is 4.79 Å². The van der Waals surface area contributed by atoms with Crippen LogP contribution in [0.2, 0.25) is 5.02 Å². The Hall–Kier alpha value is -3.66. The fourth-order valence-corrected chi connectivity index (χ4v) is 5.38. The van der Waals surface area contributed by atoms with Gasteiger partial charge in [0.2, 0.25) is 0 Å². The van der Waals surface area contributed by atoms with Crippen molar-refractivity contribution in [3.8, 4) is 5.69 Å². The summed E-state index contributed by atoms with van der Waals surface area (Å²) in [5.74, 6) is 0.123. The van der Waals surface area contributed by atoms with E-state index in [0.29, 0.717) is 12.2 Å². The summed E-state index contributed by atoms with van der Waals surface area (Å²) in [6.45, 7) is 18.1. The lowest BCUT2D eigenvalue weighted by Gasteiger charge is -2.23. The van der Waals surface area contributed by atoms with Crippen molar-refractivity contribution in [2.75, 3.05) is 19.6 Å². The molecule has 0 spiro atoms. The van der Waals surface area contributed by atoms with Crippen molar-refractivity contribution >= 4 is 28.6 Å². The molecule has 10 heteroatoms. The first-order valence-electron chi connectivity index (χ1n) is 16.1. The second kappa shape index (κ2) is 16.3. The van der Waals surface area contributed by atoms with Gasteiger partial charge >= 0.3 is 5.69 Å². The highest BCUT2D eigenvalue weighted by atomic mass is 35.5. The molecule has 4 aromatic rings. The number of aryl methyl sites for hydroxylation is 1. The summed E-state index contributed by atoms with van der Waals surface area (Å²) >= 11 is 6.31. The number of hydrogen-bond acceptors (Lipinski definition) is 5. The standard InChI is InChI=1S/C21H29N7O.C15H24ClN/c1-21(2,3)17-11-15-13-28(20(29)27-18(15)26-17)16-7-5-14(6-8-16)12-24-9-4-10-25-19(22)23;1-11-13(15(2,3)4)9-12(10-14(11)16)7-5-6-8-17/h5-8,11,13,24H,4,9-10,12H2,1-3H3,(H4,22,23,25)(H,26,27,29);9-10H,5-8,17H2,1-4H3. The van der Waals surface area contributed by atoms with E-state index in [9.17, 15) is 4.79 Å². The van der Waals surface area contributed by atoms with E-state index in [-0.39, 0.29) is 22.5 Å². The molecule has 0 bridgehead atoms. The molecule has 2 aromatic heterocycles.